The average Bonchev–Trinajstić information content (AvgIpc) is 2.68. The molecule has 0 aliphatic carbocycles. The van der Waals surface area contributed by atoms with Crippen LogP contribution in [0.2, 0.25) is 0 Å². The van der Waals surface area contributed by atoms with Crippen LogP contribution in [0.5, 0.6) is 0 Å². The van der Waals surface area contributed by atoms with Crippen LogP contribution in [0.15, 0.2) is 60.7 Å². The third kappa shape index (κ3) is 4.93. The number of piperidine rings is 1. The zero-order chi connectivity index (χ0) is 17.5. The second-order valence-corrected chi connectivity index (χ2v) is 7.07. The summed E-state index contributed by atoms with van der Waals surface area (Å²) in [5.41, 5.74) is 1.89. The van der Waals surface area contributed by atoms with Crippen LogP contribution in [0.25, 0.3) is 0 Å². The Morgan fingerprint density at radius 3 is 2.20 bits per heavy atom. The highest BCUT2D eigenvalue weighted by molar-refractivity contribution is 5.94. The molecule has 3 nitrogen and oxygen atoms in total. The van der Waals surface area contributed by atoms with Crippen molar-refractivity contribution in [2.45, 2.75) is 32.2 Å². The molecule has 0 unspecified atom stereocenters. The van der Waals surface area contributed by atoms with Crippen LogP contribution in [0.3, 0.4) is 0 Å². The van der Waals surface area contributed by atoms with Gasteiger partial charge in [-0.15, -0.1) is 0 Å². The van der Waals surface area contributed by atoms with Gasteiger partial charge in [-0.25, -0.2) is 0 Å². The predicted molar refractivity (Wildman–Crippen MR) is 103 cm³/mol. The number of carbonyl (C=O) groups excluding carboxylic acids is 1. The molecule has 3 rings (SSSR count). The minimum absolute atomic E-state index is 0.0000489. The van der Waals surface area contributed by atoms with E-state index >= 15 is 0 Å². The fourth-order valence-electron chi connectivity index (χ4n) is 3.68. The summed E-state index contributed by atoms with van der Waals surface area (Å²) >= 11 is 0. The van der Waals surface area contributed by atoms with Crippen LogP contribution in [0.4, 0.5) is 0 Å². The largest absolute Gasteiger partial charge is 0.345 e. The molecule has 1 fully saturated rings. The number of carbonyl (C=O) groups is 1. The van der Waals surface area contributed by atoms with E-state index in [0.717, 1.165) is 6.54 Å². The maximum atomic E-state index is 12.7. The van der Waals surface area contributed by atoms with Crippen LogP contribution in [-0.2, 0) is 0 Å². The van der Waals surface area contributed by atoms with Gasteiger partial charge in [-0.3, -0.25) is 4.79 Å². The molecule has 0 bridgehead atoms. The lowest BCUT2D eigenvalue weighted by Gasteiger charge is -2.33. The molecule has 0 spiro atoms. The summed E-state index contributed by atoms with van der Waals surface area (Å²) in [5, 5.41) is 3.27. The van der Waals surface area contributed by atoms with Crippen molar-refractivity contribution in [3.63, 3.8) is 0 Å². The number of hydrogen-bond acceptors (Lipinski definition) is 2. The molecular formula is C22H28N2O. The van der Waals surface area contributed by atoms with Crippen molar-refractivity contribution in [1.82, 2.24) is 10.2 Å². The molecule has 2 atom stereocenters. The second kappa shape index (κ2) is 8.82. The fourth-order valence-corrected chi connectivity index (χ4v) is 3.68. The first-order valence-electron chi connectivity index (χ1n) is 9.37. The van der Waals surface area contributed by atoms with E-state index in [1.54, 1.807) is 0 Å². The Morgan fingerprint density at radius 2 is 1.56 bits per heavy atom. The highest BCUT2D eigenvalue weighted by atomic mass is 16.1. The van der Waals surface area contributed by atoms with Crippen LogP contribution < -0.4 is 5.32 Å². The molecule has 1 saturated heterocycles. The number of likely N-dealkylation sites (tertiary alicyclic amines) is 1. The third-order valence-corrected chi connectivity index (χ3v) is 5.05. The summed E-state index contributed by atoms with van der Waals surface area (Å²) in [6.45, 7) is 5.63. The monoisotopic (exact) mass is 336 g/mol. The van der Waals surface area contributed by atoms with E-state index in [4.69, 9.17) is 0 Å². The van der Waals surface area contributed by atoms with Crippen molar-refractivity contribution in [1.29, 1.82) is 0 Å². The first kappa shape index (κ1) is 17.7. The lowest BCUT2D eigenvalue weighted by molar-refractivity contribution is 0.0910. The molecule has 2 aromatic carbocycles. The molecule has 1 aliphatic rings. The first-order valence-corrected chi connectivity index (χ1v) is 9.37. The van der Waals surface area contributed by atoms with Crippen molar-refractivity contribution < 1.29 is 4.79 Å². The predicted octanol–water partition coefficient (Wildman–Crippen LogP) is 4.28. The van der Waals surface area contributed by atoms with Gasteiger partial charge >= 0.3 is 0 Å². The number of nitrogens with zero attached hydrogens (tertiary/aromatic N) is 1. The van der Waals surface area contributed by atoms with Crippen LogP contribution >= 0.6 is 0 Å². The molecule has 25 heavy (non-hydrogen) atoms. The zero-order valence-electron chi connectivity index (χ0n) is 15.0. The maximum absolute atomic E-state index is 12.7. The van der Waals surface area contributed by atoms with Gasteiger partial charge < -0.3 is 10.2 Å². The minimum atomic E-state index is -0.0000489. The van der Waals surface area contributed by atoms with E-state index in [-0.39, 0.29) is 11.9 Å². The van der Waals surface area contributed by atoms with Crippen molar-refractivity contribution >= 4 is 5.91 Å². The van der Waals surface area contributed by atoms with E-state index in [0.29, 0.717) is 11.5 Å². The van der Waals surface area contributed by atoms with E-state index in [2.05, 4.69) is 29.3 Å². The molecule has 1 N–H and O–H groups in total. The van der Waals surface area contributed by atoms with Gasteiger partial charge in [-0.1, -0.05) is 61.9 Å². The number of rotatable bonds is 6. The third-order valence-electron chi connectivity index (χ3n) is 5.05. The van der Waals surface area contributed by atoms with Crippen LogP contribution in [0, 0.1) is 5.92 Å². The molecule has 1 heterocycles. The normalized spacial score (nSPS) is 17.6. The Morgan fingerprint density at radius 1 is 0.960 bits per heavy atom. The van der Waals surface area contributed by atoms with E-state index < -0.39 is 0 Å². The van der Waals surface area contributed by atoms with Crippen LogP contribution in [0.1, 0.15) is 48.1 Å². The highest BCUT2D eigenvalue weighted by Crippen LogP contribution is 2.24. The molecule has 2 aromatic rings. The minimum Gasteiger partial charge on any atom is -0.345 e. The number of hydrogen-bond donors (Lipinski definition) is 1. The van der Waals surface area contributed by atoms with E-state index in [1.165, 1.54) is 37.9 Å². The van der Waals surface area contributed by atoms with Crippen molar-refractivity contribution in [3.05, 3.63) is 71.8 Å². The standard InChI is InChI=1S/C22H28N2O/c1-18(17-24-15-9-4-10-16-24)21(19-11-5-2-6-12-19)23-22(25)20-13-7-3-8-14-20/h2-3,5-8,11-14,18,21H,4,9-10,15-17H2,1H3,(H,23,25)/t18-,21+/m1/s1. The highest BCUT2D eigenvalue weighted by Gasteiger charge is 2.24. The molecule has 132 valence electrons. The lowest BCUT2D eigenvalue weighted by Crippen LogP contribution is -2.40. The quantitative estimate of drug-likeness (QED) is 0.854. The SMILES string of the molecule is C[C@H](CN1CCCCC1)[C@H](NC(=O)c1ccccc1)c1ccccc1. The summed E-state index contributed by atoms with van der Waals surface area (Å²) in [6, 6.07) is 19.8. The summed E-state index contributed by atoms with van der Waals surface area (Å²) < 4.78 is 0. The topological polar surface area (TPSA) is 32.3 Å². The van der Waals surface area contributed by atoms with Gasteiger partial charge in [0.1, 0.15) is 0 Å². The molecule has 0 aromatic heterocycles. The van der Waals surface area contributed by atoms with Gasteiger partial charge in [0.15, 0.2) is 0 Å². The number of nitrogens with one attached hydrogen (secondary N) is 1. The van der Waals surface area contributed by atoms with Crippen molar-refractivity contribution in [2.75, 3.05) is 19.6 Å². The van der Waals surface area contributed by atoms with E-state index in [1.807, 2.05) is 48.5 Å². The zero-order valence-corrected chi connectivity index (χ0v) is 15.0. The Kier molecular flexibility index (Phi) is 6.24. The first-order chi connectivity index (χ1) is 12.2. The lowest BCUT2D eigenvalue weighted by atomic mass is 9.93. The van der Waals surface area contributed by atoms with Gasteiger partial charge in [0.05, 0.1) is 6.04 Å². The number of benzene rings is 2. The molecule has 3 heteroatoms. The molecule has 1 aliphatic heterocycles. The van der Waals surface area contributed by atoms with Crippen LogP contribution in [-0.4, -0.2) is 30.4 Å². The Bertz CT molecular complexity index is 650. The smallest absolute Gasteiger partial charge is 0.251 e. The molecular weight excluding hydrogens is 308 g/mol. The van der Waals surface area contributed by atoms with Gasteiger partial charge in [0, 0.05) is 12.1 Å². The summed E-state index contributed by atoms with van der Waals surface area (Å²) in [4.78, 5) is 15.2. The fraction of sp³-hybridized carbons (Fsp3) is 0.409. The van der Waals surface area contributed by atoms with Gasteiger partial charge in [0.25, 0.3) is 5.91 Å². The molecule has 0 radical (unpaired) electrons. The maximum Gasteiger partial charge on any atom is 0.251 e. The summed E-state index contributed by atoms with van der Waals surface area (Å²) in [6.07, 6.45) is 3.93. The number of amides is 1. The summed E-state index contributed by atoms with van der Waals surface area (Å²) in [5.74, 6) is 0.355. The average molecular weight is 336 g/mol. The van der Waals surface area contributed by atoms with Crippen molar-refractivity contribution in [3.8, 4) is 0 Å². The second-order valence-electron chi connectivity index (χ2n) is 7.07. The molecule has 1 amide bonds. The summed E-state index contributed by atoms with van der Waals surface area (Å²) in [7, 11) is 0. The van der Waals surface area contributed by atoms with E-state index in [9.17, 15) is 4.79 Å². The Hall–Kier alpha value is -2.13. The van der Waals surface area contributed by atoms with Crippen molar-refractivity contribution in [2.24, 2.45) is 5.92 Å². The van der Waals surface area contributed by atoms with Gasteiger partial charge in [-0.2, -0.15) is 0 Å². The Labute approximate surface area is 151 Å². The van der Waals surface area contributed by atoms with Gasteiger partial charge in [0.2, 0.25) is 0 Å². The molecule has 0 saturated carbocycles. The van der Waals surface area contributed by atoms with Gasteiger partial charge in [-0.05, 0) is 49.5 Å². The Balaban J connectivity index is 1.74.